The molecule has 40 heavy (non-hydrogen) atoms. The number of sulfone groups is 1. The Kier molecular flexibility index (Phi) is 6.97. The molecule has 0 radical (unpaired) electrons. The molecular formula is C29H28N8O2S. The maximum Gasteiger partial charge on any atom is 0.148 e. The molecule has 6 aromatic rings. The van der Waals surface area contributed by atoms with Crippen LogP contribution in [-0.4, -0.2) is 56.5 Å². The molecular weight excluding hydrogens is 524 g/mol. The first-order chi connectivity index (χ1) is 19.4. The normalized spacial score (nSPS) is 11.8. The minimum absolute atomic E-state index is 0.0774. The number of nitrogens with one attached hydrogen (secondary N) is 2. The highest BCUT2D eigenvalue weighted by Gasteiger charge is 2.10. The zero-order valence-electron chi connectivity index (χ0n) is 21.9. The Morgan fingerprint density at radius 1 is 0.950 bits per heavy atom. The van der Waals surface area contributed by atoms with Gasteiger partial charge in [0.25, 0.3) is 0 Å². The Morgan fingerprint density at radius 3 is 2.67 bits per heavy atom. The fraction of sp³-hybridized carbons (Fsp3) is 0.172. The maximum absolute atomic E-state index is 11.3. The zero-order valence-corrected chi connectivity index (χ0v) is 22.7. The number of rotatable bonds is 10. The van der Waals surface area contributed by atoms with Crippen LogP contribution in [-0.2, 0) is 22.9 Å². The van der Waals surface area contributed by atoms with E-state index in [1.165, 1.54) is 11.8 Å². The average Bonchev–Trinajstić information content (AvgIpc) is 3.58. The van der Waals surface area contributed by atoms with Crippen molar-refractivity contribution in [2.75, 3.05) is 23.9 Å². The zero-order chi connectivity index (χ0) is 27.5. The summed E-state index contributed by atoms with van der Waals surface area (Å²) >= 11 is 0. The van der Waals surface area contributed by atoms with Gasteiger partial charge in [0, 0.05) is 54.1 Å². The number of nitrogens with zero attached hydrogens (tertiary/aromatic N) is 6. The standard InChI is InChI=1S/C29H28N8O2S/c1-40(38,39)14-12-30-17-24-19-37(35-34-24)25-8-9-27-26(16-25)29(32-20-31-27)33-23-7-10-28-22(15-23)11-13-36(28)18-21-5-3-2-4-6-21/h2-11,13,15-16,19-20,30H,12,14,17-18H2,1H3,(H,31,32,33). The number of benzene rings is 3. The van der Waals surface area contributed by atoms with Gasteiger partial charge in [-0.3, -0.25) is 0 Å². The number of fused-ring (bicyclic) bond motifs is 2. The van der Waals surface area contributed by atoms with E-state index in [2.05, 4.69) is 90.2 Å². The molecule has 0 aliphatic carbocycles. The SMILES string of the molecule is CS(=O)(=O)CCNCc1cn(-c2ccc3ncnc(Nc4ccc5c(ccn5Cc5ccccc5)c4)c3c2)nn1. The van der Waals surface area contributed by atoms with Crippen LogP contribution in [0.3, 0.4) is 0 Å². The fourth-order valence-electron chi connectivity index (χ4n) is 4.60. The lowest BCUT2D eigenvalue weighted by Crippen LogP contribution is -2.22. The van der Waals surface area contributed by atoms with Crippen molar-refractivity contribution in [3.05, 3.63) is 103 Å². The Bertz CT molecular complexity index is 1900. The van der Waals surface area contributed by atoms with Crippen LogP contribution in [0.1, 0.15) is 11.3 Å². The summed E-state index contributed by atoms with van der Waals surface area (Å²) in [6.45, 7) is 1.60. The highest BCUT2D eigenvalue weighted by molar-refractivity contribution is 7.90. The second-order valence-corrected chi connectivity index (χ2v) is 12.0. The van der Waals surface area contributed by atoms with Gasteiger partial charge >= 0.3 is 0 Å². The Hall–Kier alpha value is -4.61. The van der Waals surface area contributed by atoms with Crippen molar-refractivity contribution < 1.29 is 8.42 Å². The van der Waals surface area contributed by atoms with Gasteiger partial charge < -0.3 is 15.2 Å². The average molecular weight is 553 g/mol. The molecule has 0 aliphatic heterocycles. The lowest BCUT2D eigenvalue weighted by molar-refractivity contribution is 0.595. The van der Waals surface area contributed by atoms with Gasteiger partial charge in [-0.15, -0.1) is 5.10 Å². The molecule has 0 aliphatic rings. The van der Waals surface area contributed by atoms with E-state index in [1.54, 1.807) is 11.0 Å². The van der Waals surface area contributed by atoms with Gasteiger partial charge in [-0.1, -0.05) is 35.5 Å². The van der Waals surface area contributed by atoms with E-state index in [4.69, 9.17) is 0 Å². The van der Waals surface area contributed by atoms with Gasteiger partial charge in [0.15, 0.2) is 0 Å². The van der Waals surface area contributed by atoms with Gasteiger partial charge in [0.2, 0.25) is 0 Å². The first-order valence-electron chi connectivity index (χ1n) is 12.9. The quantitative estimate of drug-likeness (QED) is 0.244. The molecule has 0 fully saturated rings. The molecule has 6 rings (SSSR count). The van der Waals surface area contributed by atoms with Crippen molar-refractivity contribution in [1.82, 2.24) is 34.8 Å². The molecule has 0 bridgehead atoms. The molecule has 2 N–H and O–H groups in total. The lowest BCUT2D eigenvalue weighted by Gasteiger charge is -2.11. The minimum atomic E-state index is -3.01. The van der Waals surface area contributed by atoms with E-state index in [0.29, 0.717) is 24.6 Å². The van der Waals surface area contributed by atoms with E-state index < -0.39 is 9.84 Å². The summed E-state index contributed by atoms with van der Waals surface area (Å²) in [7, 11) is -3.01. The largest absolute Gasteiger partial charge is 0.343 e. The summed E-state index contributed by atoms with van der Waals surface area (Å²) in [4.78, 5) is 8.95. The van der Waals surface area contributed by atoms with E-state index in [9.17, 15) is 8.42 Å². The van der Waals surface area contributed by atoms with Crippen molar-refractivity contribution in [2.24, 2.45) is 0 Å². The third kappa shape index (κ3) is 5.85. The third-order valence-corrected chi connectivity index (χ3v) is 7.56. The van der Waals surface area contributed by atoms with Crippen molar-refractivity contribution in [3.8, 4) is 5.69 Å². The van der Waals surface area contributed by atoms with E-state index >= 15 is 0 Å². The fourth-order valence-corrected chi connectivity index (χ4v) is 5.11. The molecule has 10 nitrogen and oxygen atoms in total. The van der Waals surface area contributed by atoms with Gasteiger partial charge in [-0.05, 0) is 48.0 Å². The predicted molar refractivity (Wildman–Crippen MR) is 157 cm³/mol. The van der Waals surface area contributed by atoms with Crippen molar-refractivity contribution >= 4 is 43.1 Å². The topological polar surface area (TPSA) is 120 Å². The molecule has 202 valence electrons. The summed E-state index contributed by atoms with van der Waals surface area (Å²) in [5, 5.41) is 17.0. The van der Waals surface area contributed by atoms with Crippen LogP contribution in [0.4, 0.5) is 11.5 Å². The highest BCUT2D eigenvalue weighted by atomic mass is 32.2. The number of aromatic nitrogens is 6. The van der Waals surface area contributed by atoms with Crippen molar-refractivity contribution in [2.45, 2.75) is 13.1 Å². The third-order valence-electron chi connectivity index (χ3n) is 6.61. The predicted octanol–water partition coefficient (Wildman–Crippen LogP) is 4.09. The summed E-state index contributed by atoms with van der Waals surface area (Å²) in [6.07, 6.45) is 6.70. The molecule has 0 saturated carbocycles. The first-order valence-corrected chi connectivity index (χ1v) is 14.9. The number of hydrogen-bond acceptors (Lipinski definition) is 8. The van der Waals surface area contributed by atoms with Gasteiger partial charge in [0.05, 0.1) is 28.8 Å². The molecule has 3 aromatic carbocycles. The van der Waals surface area contributed by atoms with Crippen molar-refractivity contribution in [1.29, 1.82) is 0 Å². The van der Waals surface area contributed by atoms with Gasteiger partial charge in [0.1, 0.15) is 22.0 Å². The van der Waals surface area contributed by atoms with E-state index in [1.807, 2.05) is 30.5 Å². The Labute approximate surface area is 231 Å². The molecule has 0 amide bonds. The summed E-state index contributed by atoms with van der Waals surface area (Å²) < 4.78 is 26.6. The van der Waals surface area contributed by atoms with Crippen LogP contribution in [0.25, 0.3) is 27.5 Å². The molecule has 0 saturated heterocycles. The number of hydrogen-bond donors (Lipinski definition) is 2. The summed E-state index contributed by atoms with van der Waals surface area (Å²) in [5.74, 6) is 0.770. The maximum atomic E-state index is 11.3. The smallest absolute Gasteiger partial charge is 0.148 e. The molecule has 0 atom stereocenters. The van der Waals surface area contributed by atoms with Crippen LogP contribution in [0.15, 0.2) is 91.5 Å². The van der Waals surface area contributed by atoms with Gasteiger partial charge in [-0.2, -0.15) is 0 Å². The molecule has 0 spiro atoms. The van der Waals surface area contributed by atoms with E-state index in [0.717, 1.165) is 39.7 Å². The minimum Gasteiger partial charge on any atom is -0.343 e. The molecule has 3 heterocycles. The first kappa shape index (κ1) is 25.7. The molecule has 0 unspecified atom stereocenters. The van der Waals surface area contributed by atoms with Crippen LogP contribution >= 0.6 is 0 Å². The monoisotopic (exact) mass is 552 g/mol. The highest BCUT2D eigenvalue weighted by Crippen LogP contribution is 2.28. The summed E-state index contributed by atoms with van der Waals surface area (Å²) in [6, 6.07) is 24.7. The second kappa shape index (κ2) is 10.9. The summed E-state index contributed by atoms with van der Waals surface area (Å²) in [5.41, 5.74) is 5.68. The van der Waals surface area contributed by atoms with E-state index in [-0.39, 0.29) is 5.75 Å². The van der Waals surface area contributed by atoms with Crippen LogP contribution in [0, 0.1) is 0 Å². The second-order valence-electron chi connectivity index (χ2n) is 9.71. The lowest BCUT2D eigenvalue weighted by atomic mass is 10.2. The van der Waals surface area contributed by atoms with Crippen LogP contribution < -0.4 is 10.6 Å². The van der Waals surface area contributed by atoms with Crippen LogP contribution in [0.2, 0.25) is 0 Å². The molecule has 3 aromatic heterocycles. The Morgan fingerprint density at radius 2 is 1.82 bits per heavy atom. The van der Waals surface area contributed by atoms with Gasteiger partial charge in [-0.25, -0.2) is 23.1 Å². The molecule has 11 heteroatoms. The number of anilines is 2. The Balaban J connectivity index is 1.21. The van der Waals surface area contributed by atoms with Crippen LogP contribution in [0.5, 0.6) is 0 Å². The van der Waals surface area contributed by atoms with Crippen molar-refractivity contribution in [3.63, 3.8) is 0 Å².